The smallest absolute Gasteiger partial charge is 0.219 e. The first-order chi connectivity index (χ1) is 6.20. The minimum atomic E-state index is 0.0791. The van der Waals surface area contributed by atoms with Gasteiger partial charge in [0.05, 0.1) is 5.68 Å². The molecular weight excluding hydrogens is 165 g/mol. The molecule has 0 aliphatic rings. The predicted octanol–water partition coefficient (Wildman–Crippen LogP) is 0.962. The molecule has 0 aliphatic heterocycles. The van der Waals surface area contributed by atoms with Crippen LogP contribution in [0, 0.1) is 0 Å². The third-order valence-corrected chi connectivity index (χ3v) is 1.72. The second-order valence-electron chi connectivity index (χ2n) is 2.96. The standard InChI is InChI=1S/C9H17BNO2/c1-3-5-9(13)11-7-4-6-8(12)10-2/h3-7H2,1-2H3,(H,11,13). The van der Waals surface area contributed by atoms with Crippen molar-refractivity contribution in [3.63, 3.8) is 0 Å². The molecule has 0 fully saturated rings. The molecule has 3 nitrogen and oxygen atoms in total. The maximum Gasteiger partial charge on any atom is 0.219 e. The van der Waals surface area contributed by atoms with Crippen LogP contribution in [0.1, 0.15) is 32.6 Å². The van der Waals surface area contributed by atoms with Gasteiger partial charge in [-0.05, 0) is 19.3 Å². The second-order valence-corrected chi connectivity index (χ2v) is 2.96. The van der Waals surface area contributed by atoms with E-state index in [-0.39, 0.29) is 11.6 Å². The van der Waals surface area contributed by atoms with Gasteiger partial charge in [0.15, 0.2) is 7.28 Å². The van der Waals surface area contributed by atoms with E-state index in [1.165, 1.54) is 0 Å². The highest BCUT2D eigenvalue weighted by Crippen LogP contribution is 1.90. The van der Waals surface area contributed by atoms with Gasteiger partial charge < -0.3 is 10.1 Å². The first kappa shape index (κ1) is 12.2. The molecule has 0 aromatic rings. The molecule has 1 N–H and O–H groups in total. The third kappa shape index (κ3) is 7.56. The van der Waals surface area contributed by atoms with Crippen molar-refractivity contribution in [2.75, 3.05) is 6.54 Å². The van der Waals surface area contributed by atoms with Gasteiger partial charge in [-0.2, -0.15) is 0 Å². The molecular formula is C9H17BNO2. The predicted molar refractivity (Wildman–Crippen MR) is 53.8 cm³/mol. The Labute approximate surface area is 80.5 Å². The van der Waals surface area contributed by atoms with Crippen molar-refractivity contribution in [1.29, 1.82) is 0 Å². The van der Waals surface area contributed by atoms with Crippen LogP contribution in [-0.2, 0) is 9.59 Å². The normalized spacial score (nSPS) is 9.38. The molecule has 0 aliphatic carbocycles. The van der Waals surface area contributed by atoms with Crippen LogP contribution in [0.15, 0.2) is 0 Å². The van der Waals surface area contributed by atoms with Crippen molar-refractivity contribution in [3.05, 3.63) is 0 Å². The molecule has 0 aromatic carbocycles. The number of hydrogen-bond donors (Lipinski definition) is 1. The first-order valence-electron chi connectivity index (χ1n) is 4.79. The average Bonchev–Trinajstić information content (AvgIpc) is 2.12. The molecule has 4 heteroatoms. The molecule has 1 radical (unpaired) electrons. The zero-order valence-electron chi connectivity index (χ0n) is 8.43. The lowest BCUT2D eigenvalue weighted by atomic mass is 9.75. The van der Waals surface area contributed by atoms with Gasteiger partial charge in [0, 0.05) is 13.0 Å². The van der Waals surface area contributed by atoms with Crippen LogP contribution < -0.4 is 5.32 Å². The van der Waals surface area contributed by atoms with Crippen LogP contribution in [0.25, 0.3) is 0 Å². The summed E-state index contributed by atoms with van der Waals surface area (Å²) in [7, 11) is 1.56. The van der Waals surface area contributed by atoms with Crippen molar-refractivity contribution in [1.82, 2.24) is 5.32 Å². The molecule has 0 heterocycles. The Bertz CT molecular complexity index is 171. The van der Waals surface area contributed by atoms with E-state index < -0.39 is 0 Å². The number of amides is 1. The largest absolute Gasteiger partial charge is 0.356 e. The highest BCUT2D eigenvalue weighted by Gasteiger charge is 2.00. The van der Waals surface area contributed by atoms with E-state index in [0.717, 1.165) is 12.8 Å². The Balaban J connectivity index is 3.25. The number of rotatable bonds is 7. The van der Waals surface area contributed by atoms with E-state index in [1.54, 1.807) is 14.1 Å². The zero-order valence-corrected chi connectivity index (χ0v) is 8.43. The van der Waals surface area contributed by atoms with Gasteiger partial charge in [0.2, 0.25) is 5.91 Å². The molecule has 0 aromatic heterocycles. The Kier molecular flexibility index (Phi) is 7.35. The van der Waals surface area contributed by atoms with Gasteiger partial charge in [-0.1, -0.05) is 13.7 Å². The lowest BCUT2D eigenvalue weighted by molar-refractivity contribution is -0.121. The summed E-state index contributed by atoms with van der Waals surface area (Å²) in [6, 6.07) is 0. The van der Waals surface area contributed by atoms with E-state index in [9.17, 15) is 9.59 Å². The molecule has 0 unspecified atom stereocenters. The maximum atomic E-state index is 11.0. The third-order valence-electron chi connectivity index (χ3n) is 1.72. The van der Waals surface area contributed by atoms with E-state index in [0.29, 0.717) is 19.4 Å². The molecule has 0 saturated carbocycles. The van der Waals surface area contributed by atoms with Gasteiger partial charge in [-0.15, -0.1) is 0 Å². The van der Waals surface area contributed by atoms with Crippen molar-refractivity contribution in [3.8, 4) is 0 Å². The quantitative estimate of drug-likeness (QED) is 0.470. The molecule has 1 amide bonds. The molecule has 0 bridgehead atoms. The summed E-state index contributed by atoms with van der Waals surface area (Å²) in [6.07, 6.45) is 2.71. The molecule has 0 atom stereocenters. The number of hydrogen-bond acceptors (Lipinski definition) is 2. The summed E-state index contributed by atoms with van der Waals surface area (Å²) >= 11 is 0. The van der Waals surface area contributed by atoms with Crippen LogP contribution in [0.3, 0.4) is 0 Å². The van der Waals surface area contributed by atoms with Crippen LogP contribution in [0.2, 0.25) is 6.82 Å². The van der Waals surface area contributed by atoms with E-state index >= 15 is 0 Å². The van der Waals surface area contributed by atoms with Crippen molar-refractivity contribution < 1.29 is 9.59 Å². The van der Waals surface area contributed by atoms with Crippen LogP contribution in [0.5, 0.6) is 0 Å². The Hall–Kier alpha value is -0.795. The Morgan fingerprint density at radius 2 is 2.00 bits per heavy atom. The topological polar surface area (TPSA) is 46.2 Å². The highest BCUT2D eigenvalue weighted by molar-refractivity contribution is 6.72. The SMILES string of the molecule is C[B]C(=O)CCCNC(=O)CCC. The highest BCUT2D eigenvalue weighted by atomic mass is 16.1. The van der Waals surface area contributed by atoms with Gasteiger partial charge >= 0.3 is 0 Å². The molecule has 73 valence electrons. The molecule has 13 heavy (non-hydrogen) atoms. The number of carbonyl (C=O) groups is 2. The minimum Gasteiger partial charge on any atom is -0.356 e. The van der Waals surface area contributed by atoms with Crippen LogP contribution in [0.4, 0.5) is 0 Å². The Morgan fingerprint density at radius 1 is 1.31 bits per heavy atom. The summed E-state index contributed by atoms with van der Waals surface area (Å²) in [4.78, 5) is 21.8. The van der Waals surface area contributed by atoms with Crippen molar-refractivity contribution in [2.24, 2.45) is 0 Å². The number of nitrogens with one attached hydrogen (secondary N) is 1. The lowest BCUT2D eigenvalue weighted by Gasteiger charge is -2.02. The van der Waals surface area contributed by atoms with Gasteiger partial charge in [0.25, 0.3) is 0 Å². The summed E-state index contributed by atoms with van der Waals surface area (Å²) in [5.41, 5.74) is 0.143. The Morgan fingerprint density at radius 3 is 2.54 bits per heavy atom. The monoisotopic (exact) mass is 182 g/mol. The van der Waals surface area contributed by atoms with Gasteiger partial charge in [-0.25, -0.2) is 0 Å². The summed E-state index contributed by atoms with van der Waals surface area (Å²) in [5, 5.41) is 2.76. The lowest BCUT2D eigenvalue weighted by Crippen LogP contribution is -2.24. The van der Waals surface area contributed by atoms with Gasteiger partial charge in [-0.3, -0.25) is 4.79 Å². The minimum absolute atomic E-state index is 0.0791. The summed E-state index contributed by atoms with van der Waals surface area (Å²) in [5.74, 6) is 0.0791. The van der Waals surface area contributed by atoms with Crippen molar-refractivity contribution in [2.45, 2.75) is 39.4 Å². The zero-order chi connectivity index (χ0) is 10.1. The van der Waals surface area contributed by atoms with Crippen LogP contribution in [-0.4, -0.2) is 25.4 Å². The molecule has 0 saturated heterocycles. The molecule has 0 rings (SSSR count). The van der Waals surface area contributed by atoms with E-state index in [2.05, 4.69) is 5.32 Å². The van der Waals surface area contributed by atoms with Crippen molar-refractivity contribution >= 4 is 18.9 Å². The van der Waals surface area contributed by atoms with E-state index in [1.807, 2.05) is 6.92 Å². The maximum absolute atomic E-state index is 11.0. The fraction of sp³-hybridized carbons (Fsp3) is 0.778. The van der Waals surface area contributed by atoms with Gasteiger partial charge in [0.1, 0.15) is 0 Å². The fourth-order valence-corrected chi connectivity index (χ4v) is 0.950. The second kappa shape index (κ2) is 7.83. The summed E-state index contributed by atoms with van der Waals surface area (Å²) < 4.78 is 0. The molecule has 0 spiro atoms. The summed E-state index contributed by atoms with van der Waals surface area (Å²) in [6.45, 7) is 4.31. The van der Waals surface area contributed by atoms with Crippen LogP contribution >= 0.6 is 0 Å². The average molecular weight is 182 g/mol. The number of carbonyl (C=O) groups excluding carboxylic acids is 2. The first-order valence-corrected chi connectivity index (χ1v) is 4.79. The van der Waals surface area contributed by atoms with E-state index in [4.69, 9.17) is 0 Å². The fourth-order valence-electron chi connectivity index (χ4n) is 0.950.